The summed E-state index contributed by atoms with van der Waals surface area (Å²) in [5, 5.41) is 0.876. The first-order valence-electron chi connectivity index (χ1n) is 5.19. The molecule has 0 aliphatic carbocycles. The predicted octanol–water partition coefficient (Wildman–Crippen LogP) is 3.66. The molecule has 1 atom stereocenters. The molecule has 3 nitrogen and oxygen atoms in total. The second-order valence-corrected chi connectivity index (χ2v) is 4.80. The third-order valence-electron chi connectivity index (χ3n) is 2.30. The Hall–Kier alpha value is -0.380. The number of aromatic nitrogens is 2. The van der Waals surface area contributed by atoms with E-state index in [4.69, 9.17) is 27.9 Å². The summed E-state index contributed by atoms with van der Waals surface area (Å²) >= 11 is 12.2. The molecule has 0 saturated carbocycles. The van der Waals surface area contributed by atoms with Crippen LogP contribution in [-0.2, 0) is 4.74 Å². The first kappa shape index (κ1) is 13.7. The SMILES string of the molecule is COCC(C)c1nc(Cl)c(C(C)C)c(Cl)n1. The average Bonchev–Trinajstić information content (AvgIpc) is 2.16. The minimum absolute atomic E-state index is 0.0845. The molecule has 0 N–H and O–H groups in total. The van der Waals surface area contributed by atoms with E-state index in [1.165, 1.54) is 0 Å². The number of ether oxygens (including phenoxy) is 1. The Bertz CT molecular complexity index is 346. The standard InChI is InChI=1S/C11H16Cl2N2O/c1-6(2)8-9(12)14-11(15-10(8)13)7(3)5-16-4/h6-7H,5H2,1-4H3. The molecule has 1 unspecified atom stereocenters. The van der Waals surface area contributed by atoms with Crippen LogP contribution in [0.15, 0.2) is 0 Å². The highest BCUT2D eigenvalue weighted by Gasteiger charge is 2.17. The topological polar surface area (TPSA) is 35.0 Å². The fourth-order valence-electron chi connectivity index (χ4n) is 1.45. The minimum Gasteiger partial charge on any atom is -0.384 e. The lowest BCUT2D eigenvalue weighted by atomic mass is 10.1. The highest BCUT2D eigenvalue weighted by Crippen LogP contribution is 2.29. The second kappa shape index (κ2) is 5.80. The van der Waals surface area contributed by atoms with Crippen molar-refractivity contribution in [2.45, 2.75) is 32.6 Å². The summed E-state index contributed by atoms with van der Waals surface area (Å²) < 4.78 is 5.05. The molecule has 1 rings (SSSR count). The molecule has 0 fully saturated rings. The normalized spacial score (nSPS) is 13.2. The van der Waals surface area contributed by atoms with Gasteiger partial charge >= 0.3 is 0 Å². The molecule has 0 aliphatic heterocycles. The van der Waals surface area contributed by atoms with Gasteiger partial charge in [0.1, 0.15) is 16.1 Å². The van der Waals surface area contributed by atoms with Gasteiger partial charge in [0.15, 0.2) is 0 Å². The van der Waals surface area contributed by atoms with Crippen LogP contribution >= 0.6 is 23.2 Å². The lowest BCUT2D eigenvalue weighted by molar-refractivity contribution is 0.181. The van der Waals surface area contributed by atoms with Gasteiger partial charge in [-0.05, 0) is 5.92 Å². The van der Waals surface area contributed by atoms with Crippen LogP contribution in [0.4, 0.5) is 0 Å². The molecule has 0 bridgehead atoms. The summed E-state index contributed by atoms with van der Waals surface area (Å²) in [6.45, 7) is 6.54. The van der Waals surface area contributed by atoms with E-state index in [9.17, 15) is 0 Å². The molecule has 90 valence electrons. The largest absolute Gasteiger partial charge is 0.384 e. The molecule has 0 radical (unpaired) electrons. The molecule has 0 saturated heterocycles. The van der Waals surface area contributed by atoms with Gasteiger partial charge in [-0.3, -0.25) is 0 Å². The van der Waals surface area contributed by atoms with E-state index in [0.717, 1.165) is 5.56 Å². The van der Waals surface area contributed by atoms with Crippen LogP contribution in [0.5, 0.6) is 0 Å². The van der Waals surface area contributed by atoms with E-state index in [-0.39, 0.29) is 11.8 Å². The van der Waals surface area contributed by atoms with Gasteiger partial charge in [-0.1, -0.05) is 44.0 Å². The zero-order valence-electron chi connectivity index (χ0n) is 9.92. The molecule has 0 aromatic carbocycles. The molecule has 1 aromatic rings. The number of rotatable bonds is 4. The Morgan fingerprint density at radius 2 is 1.62 bits per heavy atom. The molecule has 0 aliphatic rings. The maximum Gasteiger partial charge on any atom is 0.137 e. The highest BCUT2D eigenvalue weighted by atomic mass is 35.5. The Morgan fingerprint density at radius 1 is 1.12 bits per heavy atom. The molecule has 0 spiro atoms. The van der Waals surface area contributed by atoms with E-state index >= 15 is 0 Å². The van der Waals surface area contributed by atoms with E-state index in [1.54, 1.807) is 7.11 Å². The molecular weight excluding hydrogens is 247 g/mol. The number of hydrogen-bond acceptors (Lipinski definition) is 3. The molecule has 1 aromatic heterocycles. The number of hydrogen-bond donors (Lipinski definition) is 0. The lowest BCUT2D eigenvalue weighted by Crippen LogP contribution is -2.09. The minimum atomic E-state index is 0.0845. The zero-order valence-corrected chi connectivity index (χ0v) is 11.4. The van der Waals surface area contributed by atoms with Crippen LogP contribution in [0, 0.1) is 0 Å². The van der Waals surface area contributed by atoms with E-state index in [1.807, 2.05) is 20.8 Å². The monoisotopic (exact) mass is 262 g/mol. The fraction of sp³-hybridized carbons (Fsp3) is 0.636. The summed E-state index contributed by atoms with van der Waals surface area (Å²) in [5.41, 5.74) is 0.803. The second-order valence-electron chi connectivity index (χ2n) is 4.09. The summed E-state index contributed by atoms with van der Waals surface area (Å²) in [4.78, 5) is 8.53. The van der Waals surface area contributed by atoms with Crippen LogP contribution in [-0.4, -0.2) is 23.7 Å². The molecule has 16 heavy (non-hydrogen) atoms. The van der Waals surface area contributed by atoms with Gasteiger partial charge < -0.3 is 4.74 Å². The molecular formula is C11H16Cl2N2O. The molecule has 0 amide bonds. The fourth-order valence-corrected chi connectivity index (χ4v) is 2.29. The number of halogens is 2. The van der Waals surface area contributed by atoms with Gasteiger partial charge in [0, 0.05) is 18.6 Å². The van der Waals surface area contributed by atoms with E-state index in [0.29, 0.717) is 22.7 Å². The summed E-state index contributed by atoms with van der Waals surface area (Å²) in [6.07, 6.45) is 0. The Kier molecular flexibility index (Phi) is 4.96. The quantitative estimate of drug-likeness (QED) is 0.777. The molecule has 1 heterocycles. The van der Waals surface area contributed by atoms with Crippen molar-refractivity contribution in [1.29, 1.82) is 0 Å². The Morgan fingerprint density at radius 3 is 2.00 bits per heavy atom. The summed E-state index contributed by atoms with van der Waals surface area (Å²) in [7, 11) is 1.64. The van der Waals surface area contributed by atoms with Gasteiger partial charge in [-0.15, -0.1) is 0 Å². The Balaban J connectivity index is 3.09. The highest BCUT2D eigenvalue weighted by molar-refractivity contribution is 6.34. The average molecular weight is 263 g/mol. The number of methoxy groups -OCH3 is 1. The predicted molar refractivity (Wildman–Crippen MR) is 66.4 cm³/mol. The Labute approximate surface area is 106 Å². The van der Waals surface area contributed by atoms with Crippen molar-refractivity contribution in [1.82, 2.24) is 9.97 Å². The zero-order chi connectivity index (χ0) is 12.3. The van der Waals surface area contributed by atoms with Crippen molar-refractivity contribution in [2.24, 2.45) is 0 Å². The third-order valence-corrected chi connectivity index (χ3v) is 2.88. The van der Waals surface area contributed by atoms with Gasteiger partial charge in [-0.25, -0.2) is 9.97 Å². The lowest BCUT2D eigenvalue weighted by Gasteiger charge is -2.14. The van der Waals surface area contributed by atoms with Crippen molar-refractivity contribution in [3.8, 4) is 0 Å². The maximum atomic E-state index is 6.10. The summed E-state index contributed by atoms with van der Waals surface area (Å²) in [6, 6.07) is 0. The van der Waals surface area contributed by atoms with Crippen LogP contribution in [0.3, 0.4) is 0 Å². The van der Waals surface area contributed by atoms with Crippen LogP contribution < -0.4 is 0 Å². The summed E-state index contributed by atoms with van der Waals surface area (Å²) in [5.74, 6) is 0.925. The van der Waals surface area contributed by atoms with Crippen LogP contribution in [0.25, 0.3) is 0 Å². The van der Waals surface area contributed by atoms with E-state index < -0.39 is 0 Å². The first-order chi connectivity index (χ1) is 7.47. The first-order valence-corrected chi connectivity index (χ1v) is 5.94. The van der Waals surface area contributed by atoms with Gasteiger partial charge in [-0.2, -0.15) is 0 Å². The van der Waals surface area contributed by atoms with Crippen molar-refractivity contribution in [2.75, 3.05) is 13.7 Å². The van der Waals surface area contributed by atoms with Crippen LogP contribution in [0.1, 0.15) is 44.0 Å². The van der Waals surface area contributed by atoms with Crippen molar-refractivity contribution >= 4 is 23.2 Å². The van der Waals surface area contributed by atoms with Gasteiger partial charge in [0.25, 0.3) is 0 Å². The maximum absolute atomic E-state index is 6.10. The van der Waals surface area contributed by atoms with Crippen molar-refractivity contribution < 1.29 is 4.74 Å². The molecule has 5 heteroatoms. The van der Waals surface area contributed by atoms with Crippen LogP contribution in [0.2, 0.25) is 10.3 Å². The van der Waals surface area contributed by atoms with Crippen molar-refractivity contribution in [3.05, 3.63) is 21.7 Å². The van der Waals surface area contributed by atoms with Crippen molar-refractivity contribution in [3.63, 3.8) is 0 Å². The van der Waals surface area contributed by atoms with Gasteiger partial charge in [0.2, 0.25) is 0 Å². The smallest absolute Gasteiger partial charge is 0.137 e. The third kappa shape index (κ3) is 3.06. The van der Waals surface area contributed by atoms with E-state index in [2.05, 4.69) is 9.97 Å². The van der Waals surface area contributed by atoms with Gasteiger partial charge in [0.05, 0.1) is 6.61 Å². The number of nitrogens with zero attached hydrogens (tertiary/aromatic N) is 2.